The molecule has 0 aliphatic carbocycles. The number of carbonyl (C=O) groups excluding carboxylic acids is 1. The number of hydrogen-bond donors (Lipinski definition) is 0. The van der Waals surface area contributed by atoms with Gasteiger partial charge in [-0.25, -0.2) is 0 Å². The monoisotopic (exact) mass is 176 g/mol. The van der Waals surface area contributed by atoms with E-state index in [0.717, 1.165) is 11.8 Å². The molecule has 0 N–H and O–H groups in total. The first-order chi connectivity index (χ1) is 6.27. The molecule has 1 aromatic carbocycles. The van der Waals surface area contributed by atoms with Crippen LogP contribution in [-0.2, 0) is 0 Å². The number of carbonyl (C=O) groups is 1. The second-order valence-electron chi connectivity index (χ2n) is 2.76. The largest absolute Gasteiger partial charge is 0.489 e. The molecular weight excluding hydrogens is 164 g/mol. The Bertz CT molecular complexity index is 316. The highest BCUT2D eigenvalue weighted by Crippen LogP contribution is 2.17. The van der Waals surface area contributed by atoms with Crippen LogP contribution in [0.15, 0.2) is 30.9 Å². The van der Waals surface area contributed by atoms with Gasteiger partial charge < -0.3 is 4.74 Å². The molecule has 13 heavy (non-hydrogen) atoms. The van der Waals surface area contributed by atoms with Gasteiger partial charge in [0.1, 0.15) is 12.4 Å². The molecule has 2 nitrogen and oxygen atoms in total. The van der Waals surface area contributed by atoms with Crippen LogP contribution >= 0.6 is 0 Å². The van der Waals surface area contributed by atoms with Gasteiger partial charge >= 0.3 is 0 Å². The van der Waals surface area contributed by atoms with Crippen molar-refractivity contribution in [1.82, 2.24) is 0 Å². The fourth-order valence-electron chi connectivity index (χ4n) is 1.04. The molecular formula is C11H12O2. The van der Waals surface area contributed by atoms with E-state index in [1.165, 1.54) is 0 Å². The van der Waals surface area contributed by atoms with Gasteiger partial charge in [-0.3, -0.25) is 4.79 Å². The van der Waals surface area contributed by atoms with Crippen LogP contribution in [0.5, 0.6) is 5.75 Å². The Balaban J connectivity index is 2.91. The van der Waals surface area contributed by atoms with Crippen molar-refractivity contribution in [2.75, 3.05) is 6.61 Å². The molecule has 0 aliphatic heterocycles. The molecule has 0 saturated carbocycles. The number of rotatable bonds is 4. The van der Waals surface area contributed by atoms with E-state index in [9.17, 15) is 4.79 Å². The molecule has 0 radical (unpaired) electrons. The van der Waals surface area contributed by atoms with Gasteiger partial charge in [0.2, 0.25) is 0 Å². The molecule has 0 unspecified atom stereocenters. The Hall–Kier alpha value is -1.57. The lowest BCUT2D eigenvalue weighted by Gasteiger charge is -2.06. The van der Waals surface area contributed by atoms with Crippen LogP contribution in [-0.4, -0.2) is 12.9 Å². The predicted molar refractivity (Wildman–Crippen MR) is 52.3 cm³/mol. The third kappa shape index (κ3) is 2.44. The van der Waals surface area contributed by atoms with Crippen molar-refractivity contribution in [1.29, 1.82) is 0 Å². The third-order valence-electron chi connectivity index (χ3n) is 1.65. The Morgan fingerprint density at radius 2 is 2.31 bits per heavy atom. The molecule has 0 amide bonds. The fraction of sp³-hybridized carbons (Fsp3) is 0.182. The Kier molecular flexibility index (Phi) is 3.26. The van der Waals surface area contributed by atoms with Gasteiger partial charge in [0.25, 0.3) is 0 Å². The molecule has 0 atom stereocenters. The molecule has 2 heteroatoms. The van der Waals surface area contributed by atoms with E-state index in [-0.39, 0.29) is 0 Å². The van der Waals surface area contributed by atoms with Crippen molar-refractivity contribution in [3.05, 3.63) is 42.0 Å². The van der Waals surface area contributed by atoms with Crippen molar-refractivity contribution < 1.29 is 9.53 Å². The molecule has 0 heterocycles. The molecule has 0 bridgehead atoms. The molecule has 1 aromatic rings. The Morgan fingerprint density at radius 1 is 1.54 bits per heavy atom. The summed E-state index contributed by atoms with van der Waals surface area (Å²) >= 11 is 0. The van der Waals surface area contributed by atoms with Crippen LogP contribution < -0.4 is 4.74 Å². The minimum absolute atomic E-state index is 0.421. The van der Waals surface area contributed by atoms with Gasteiger partial charge in [0.15, 0.2) is 6.29 Å². The fourth-order valence-corrected chi connectivity index (χ4v) is 1.04. The van der Waals surface area contributed by atoms with E-state index >= 15 is 0 Å². The summed E-state index contributed by atoms with van der Waals surface area (Å²) in [6, 6.07) is 5.50. The second kappa shape index (κ2) is 4.45. The molecule has 68 valence electrons. The van der Waals surface area contributed by atoms with Crippen LogP contribution in [0, 0.1) is 6.92 Å². The van der Waals surface area contributed by atoms with Crippen LogP contribution in [0.2, 0.25) is 0 Å². The summed E-state index contributed by atoms with van der Waals surface area (Å²) in [6.07, 6.45) is 2.44. The summed E-state index contributed by atoms with van der Waals surface area (Å²) in [4.78, 5) is 10.6. The third-order valence-corrected chi connectivity index (χ3v) is 1.65. The summed E-state index contributed by atoms with van der Waals surface area (Å²) in [5, 5.41) is 0. The van der Waals surface area contributed by atoms with E-state index in [4.69, 9.17) is 4.74 Å². The lowest BCUT2D eigenvalue weighted by molar-refractivity contribution is 0.112. The molecule has 0 spiro atoms. The van der Waals surface area contributed by atoms with E-state index in [0.29, 0.717) is 17.9 Å². The zero-order chi connectivity index (χ0) is 9.68. The minimum Gasteiger partial charge on any atom is -0.489 e. The standard InChI is InChI=1S/C11H12O2/c1-3-6-13-11-5-4-9(2)7-10(11)8-12/h3-5,7-8H,1,6H2,2H3. The first-order valence-electron chi connectivity index (χ1n) is 4.07. The number of benzene rings is 1. The summed E-state index contributed by atoms with van der Waals surface area (Å²) < 4.78 is 5.28. The van der Waals surface area contributed by atoms with E-state index in [1.807, 2.05) is 13.0 Å². The maximum atomic E-state index is 10.6. The number of ether oxygens (including phenoxy) is 1. The van der Waals surface area contributed by atoms with Gasteiger partial charge in [-0.15, -0.1) is 0 Å². The normalized spacial score (nSPS) is 9.31. The second-order valence-corrected chi connectivity index (χ2v) is 2.76. The lowest BCUT2D eigenvalue weighted by Crippen LogP contribution is -1.96. The van der Waals surface area contributed by atoms with Crippen molar-refractivity contribution in [2.45, 2.75) is 6.92 Å². The van der Waals surface area contributed by atoms with Crippen LogP contribution in [0.1, 0.15) is 15.9 Å². The van der Waals surface area contributed by atoms with Gasteiger partial charge in [0, 0.05) is 0 Å². The smallest absolute Gasteiger partial charge is 0.153 e. The van der Waals surface area contributed by atoms with E-state index in [2.05, 4.69) is 6.58 Å². The first-order valence-corrected chi connectivity index (χ1v) is 4.07. The van der Waals surface area contributed by atoms with E-state index in [1.54, 1.807) is 18.2 Å². The summed E-state index contributed by atoms with van der Waals surface area (Å²) in [7, 11) is 0. The quantitative estimate of drug-likeness (QED) is 0.520. The predicted octanol–water partition coefficient (Wildman–Crippen LogP) is 2.37. The zero-order valence-corrected chi connectivity index (χ0v) is 7.62. The summed E-state index contributed by atoms with van der Waals surface area (Å²) in [6.45, 7) is 5.89. The summed E-state index contributed by atoms with van der Waals surface area (Å²) in [5.41, 5.74) is 1.63. The van der Waals surface area contributed by atoms with Crippen molar-refractivity contribution in [3.8, 4) is 5.75 Å². The lowest BCUT2D eigenvalue weighted by atomic mass is 10.1. The molecule has 0 fully saturated rings. The molecule has 0 aliphatic rings. The van der Waals surface area contributed by atoms with Crippen molar-refractivity contribution >= 4 is 6.29 Å². The SMILES string of the molecule is C=CCOc1ccc(C)cc1C=O. The first kappa shape index (κ1) is 9.52. The molecule has 0 saturated heterocycles. The molecule has 0 aromatic heterocycles. The van der Waals surface area contributed by atoms with Gasteiger partial charge in [-0.1, -0.05) is 24.3 Å². The highest BCUT2D eigenvalue weighted by Gasteiger charge is 2.01. The number of hydrogen-bond acceptors (Lipinski definition) is 2. The minimum atomic E-state index is 0.421. The average molecular weight is 176 g/mol. The van der Waals surface area contributed by atoms with Crippen LogP contribution in [0.25, 0.3) is 0 Å². The highest BCUT2D eigenvalue weighted by atomic mass is 16.5. The van der Waals surface area contributed by atoms with Crippen LogP contribution in [0.3, 0.4) is 0 Å². The number of aldehydes is 1. The summed E-state index contributed by atoms with van der Waals surface area (Å²) in [5.74, 6) is 0.612. The van der Waals surface area contributed by atoms with Gasteiger partial charge in [-0.05, 0) is 19.1 Å². The van der Waals surface area contributed by atoms with Crippen molar-refractivity contribution in [2.24, 2.45) is 0 Å². The van der Waals surface area contributed by atoms with Crippen LogP contribution in [0.4, 0.5) is 0 Å². The average Bonchev–Trinajstić information content (AvgIpc) is 2.16. The molecule has 1 rings (SSSR count). The zero-order valence-electron chi connectivity index (χ0n) is 7.62. The maximum Gasteiger partial charge on any atom is 0.153 e. The topological polar surface area (TPSA) is 26.3 Å². The maximum absolute atomic E-state index is 10.6. The number of aryl methyl sites for hydroxylation is 1. The Morgan fingerprint density at radius 3 is 2.92 bits per heavy atom. The highest BCUT2D eigenvalue weighted by molar-refractivity contribution is 5.79. The Labute approximate surface area is 77.8 Å². The van der Waals surface area contributed by atoms with E-state index < -0.39 is 0 Å². The van der Waals surface area contributed by atoms with Crippen molar-refractivity contribution in [3.63, 3.8) is 0 Å². The van der Waals surface area contributed by atoms with Gasteiger partial charge in [-0.2, -0.15) is 0 Å². The van der Waals surface area contributed by atoms with Gasteiger partial charge in [0.05, 0.1) is 5.56 Å².